The minimum Gasteiger partial charge on any atom is -0.492 e. The number of carbonyl (C=O) groups excluding carboxylic acids is 1. The smallest absolute Gasteiger partial charge is 0.272 e. The van der Waals surface area contributed by atoms with E-state index in [1.807, 2.05) is 11.0 Å². The number of fused-ring (bicyclic) bond motifs is 1. The van der Waals surface area contributed by atoms with Crippen molar-refractivity contribution in [3.63, 3.8) is 0 Å². The van der Waals surface area contributed by atoms with E-state index in [0.29, 0.717) is 5.69 Å². The molecule has 1 unspecified atom stereocenters. The van der Waals surface area contributed by atoms with Gasteiger partial charge in [0.1, 0.15) is 11.4 Å². The zero-order valence-corrected chi connectivity index (χ0v) is 13.5. The average molecular weight is 303 g/mol. The summed E-state index contributed by atoms with van der Waals surface area (Å²) < 4.78 is 5.59. The third-order valence-corrected chi connectivity index (χ3v) is 4.65. The third-order valence-electron chi connectivity index (χ3n) is 4.65. The molecule has 0 spiro atoms. The number of ether oxygens (including phenoxy) is 1. The van der Waals surface area contributed by atoms with Gasteiger partial charge in [-0.1, -0.05) is 6.92 Å². The number of hydrogen-bond acceptors (Lipinski definition) is 4. The number of aromatic nitrogens is 1. The lowest BCUT2D eigenvalue weighted by atomic mass is 10.1. The Bertz CT molecular complexity index is 547. The molecule has 1 aromatic heterocycles. The zero-order chi connectivity index (χ0) is 15.5. The predicted molar refractivity (Wildman–Crippen MR) is 85.3 cm³/mol. The fourth-order valence-corrected chi connectivity index (χ4v) is 3.38. The highest BCUT2D eigenvalue weighted by molar-refractivity contribution is 5.93. The Labute approximate surface area is 132 Å². The monoisotopic (exact) mass is 303 g/mol. The molecule has 3 heterocycles. The van der Waals surface area contributed by atoms with Crippen LogP contribution in [0, 0.1) is 0 Å². The summed E-state index contributed by atoms with van der Waals surface area (Å²) in [6, 6.07) is 2.20. The number of rotatable bonds is 2. The molecule has 1 fully saturated rings. The van der Waals surface area contributed by atoms with E-state index in [1.54, 1.807) is 6.20 Å². The minimum absolute atomic E-state index is 0.0653. The summed E-state index contributed by atoms with van der Waals surface area (Å²) in [7, 11) is 2.13. The number of carbonyl (C=O) groups is 1. The van der Waals surface area contributed by atoms with Crippen LogP contribution in [0.3, 0.4) is 0 Å². The molecule has 1 amide bonds. The van der Waals surface area contributed by atoms with Crippen molar-refractivity contribution < 1.29 is 9.53 Å². The second-order valence-corrected chi connectivity index (χ2v) is 6.31. The molecule has 5 heteroatoms. The van der Waals surface area contributed by atoms with Crippen LogP contribution in [0.15, 0.2) is 12.3 Å². The topological polar surface area (TPSA) is 45.7 Å². The van der Waals surface area contributed by atoms with Gasteiger partial charge in [0.15, 0.2) is 0 Å². The van der Waals surface area contributed by atoms with Crippen LogP contribution in [-0.2, 0) is 6.42 Å². The van der Waals surface area contributed by atoms with Gasteiger partial charge in [-0.2, -0.15) is 0 Å². The number of hydrogen-bond donors (Lipinski definition) is 0. The third kappa shape index (κ3) is 3.09. The maximum absolute atomic E-state index is 12.9. The van der Waals surface area contributed by atoms with E-state index in [4.69, 9.17) is 4.74 Å². The highest BCUT2D eigenvalue weighted by Gasteiger charge is 2.28. The van der Waals surface area contributed by atoms with Gasteiger partial charge in [0.25, 0.3) is 5.91 Å². The summed E-state index contributed by atoms with van der Waals surface area (Å²) in [5.74, 6) is 0.904. The van der Waals surface area contributed by atoms with Gasteiger partial charge >= 0.3 is 0 Å². The lowest BCUT2D eigenvalue weighted by Crippen LogP contribution is -2.43. The molecule has 1 atom stereocenters. The van der Waals surface area contributed by atoms with Crippen LogP contribution in [0.4, 0.5) is 0 Å². The summed E-state index contributed by atoms with van der Waals surface area (Å²) in [6.45, 7) is 5.70. The van der Waals surface area contributed by atoms with E-state index in [2.05, 4.69) is 23.9 Å². The van der Waals surface area contributed by atoms with Crippen molar-refractivity contribution in [2.24, 2.45) is 0 Å². The van der Waals surface area contributed by atoms with Crippen LogP contribution in [0.1, 0.15) is 42.2 Å². The molecule has 3 rings (SSSR count). The van der Waals surface area contributed by atoms with Crippen molar-refractivity contribution in [2.45, 2.75) is 38.6 Å². The van der Waals surface area contributed by atoms with Gasteiger partial charge in [-0.15, -0.1) is 0 Å². The van der Waals surface area contributed by atoms with Crippen LogP contribution < -0.4 is 4.74 Å². The summed E-state index contributed by atoms with van der Waals surface area (Å²) in [6.07, 6.45) is 5.69. The van der Waals surface area contributed by atoms with Gasteiger partial charge < -0.3 is 14.5 Å². The van der Waals surface area contributed by atoms with E-state index in [1.165, 1.54) is 0 Å². The van der Waals surface area contributed by atoms with E-state index >= 15 is 0 Å². The average Bonchev–Trinajstić information content (AvgIpc) is 2.74. The SMILES string of the molecule is CCC1CN(C)CCCN1C(=O)c1cc2c(cn1)OCCC2. The summed E-state index contributed by atoms with van der Waals surface area (Å²) >= 11 is 0. The van der Waals surface area contributed by atoms with Gasteiger partial charge in [0, 0.05) is 19.1 Å². The standard InChI is InChI=1S/C17H25N3O2/c1-3-14-12-19(2)7-5-8-20(14)17(21)15-10-13-6-4-9-22-16(13)11-18-15/h10-11,14H,3-9,12H2,1-2H3. The molecule has 0 aromatic carbocycles. The Kier molecular flexibility index (Phi) is 4.62. The molecule has 120 valence electrons. The van der Waals surface area contributed by atoms with Crippen molar-refractivity contribution in [2.75, 3.05) is 33.3 Å². The quantitative estimate of drug-likeness (QED) is 0.838. The molecular weight excluding hydrogens is 278 g/mol. The zero-order valence-electron chi connectivity index (χ0n) is 13.5. The van der Waals surface area contributed by atoms with Crippen LogP contribution in [0.5, 0.6) is 5.75 Å². The van der Waals surface area contributed by atoms with Gasteiger partial charge in [-0.3, -0.25) is 4.79 Å². The molecule has 0 radical (unpaired) electrons. The highest BCUT2D eigenvalue weighted by atomic mass is 16.5. The van der Waals surface area contributed by atoms with Crippen molar-refractivity contribution in [3.05, 3.63) is 23.5 Å². The molecule has 0 N–H and O–H groups in total. The van der Waals surface area contributed by atoms with Crippen LogP contribution in [0.2, 0.25) is 0 Å². The second-order valence-electron chi connectivity index (χ2n) is 6.31. The van der Waals surface area contributed by atoms with Crippen molar-refractivity contribution in [3.8, 4) is 5.75 Å². The first-order valence-corrected chi connectivity index (χ1v) is 8.30. The molecule has 1 aromatic rings. The molecule has 5 nitrogen and oxygen atoms in total. The Morgan fingerprint density at radius 1 is 1.41 bits per heavy atom. The minimum atomic E-state index is 0.0653. The maximum Gasteiger partial charge on any atom is 0.272 e. The molecule has 0 aliphatic carbocycles. The second kappa shape index (κ2) is 6.65. The number of nitrogens with zero attached hydrogens (tertiary/aromatic N) is 3. The Hall–Kier alpha value is -1.62. The molecule has 1 saturated heterocycles. The molecule has 0 bridgehead atoms. The fourth-order valence-electron chi connectivity index (χ4n) is 3.38. The van der Waals surface area contributed by atoms with Crippen LogP contribution in [0.25, 0.3) is 0 Å². The molecule has 0 saturated carbocycles. The number of likely N-dealkylation sites (N-methyl/N-ethyl adjacent to an activating group) is 1. The first-order valence-electron chi connectivity index (χ1n) is 8.30. The summed E-state index contributed by atoms with van der Waals surface area (Å²) in [5.41, 5.74) is 1.68. The van der Waals surface area contributed by atoms with Crippen molar-refractivity contribution >= 4 is 5.91 Å². The van der Waals surface area contributed by atoms with E-state index < -0.39 is 0 Å². The Morgan fingerprint density at radius 2 is 2.27 bits per heavy atom. The van der Waals surface area contributed by atoms with E-state index in [-0.39, 0.29) is 11.9 Å². The van der Waals surface area contributed by atoms with Gasteiger partial charge in [0.05, 0.1) is 12.8 Å². The highest BCUT2D eigenvalue weighted by Crippen LogP contribution is 2.25. The number of aryl methyl sites for hydroxylation is 1. The van der Waals surface area contributed by atoms with E-state index in [9.17, 15) is 4.79 Å². The lowest BCUT2D eigenvalue weighted by molar-refractivity contribution is 0.0669. The maximum atomic E-state index is 12.9. The van der Waals surface area contributed by atoms with Crippen molar-refractivity contribution in [1.82, 2.24) is 14.8 Å². The normalized spacial score (nSPS) is 22.6. The molecule has 2 aliphatic heterocycles. The predicted octanol–water partition coefficient (Wildman–Crippen LogP) is 1.96. The van der Waals surface area contributed by atoms with Crippen molar-refractivity contribution in [1.29, 1.82) is 0 Å². The summed E-state index contributed by atoms with van der Waals surface area (Å²) in [5, 5.41) is 0. The Morgan fingerprint density at radius 3 is 3.09 bits per heavy atom. The van der Waals surface area contributed by atoms with Crippen LogP contribution >= 0.6 is 0 Å². The summed E-state index contributed by atoms with van der Waals surface area (Å²) in [4.78, 5) is 21.6. The first-order chi connectivity index (χ1) is 10.7. The largest absolute Gasteiger partial charge is 0.492 e. The van der Waals surface area contributed by atoms with Gasteiger partial charge in [-0.25, -0.2) is 4.98 Å². The van der Waals surface area contributed by atoms with Gasteiger partial charge in [0.2, 0.25) is 0 Å². The Balaban J connectivity index is 1.82. The molecule has 22 heavy (non-hydrogen) atoms. The number of amides is 1. The van der Waals surface area contributed by atoms with E-state index in [0.717, 1.165) is 63.2 Å². The first kappa shape index (κ1) is 15.3. The van der Waals surface area contributed by atoms with Crippen LogP contribution in [-0.4, -0.2) is 60.0 Å². The van der Waals surface area contributed by atoms with Gasteiger partial charge in [-0.05, 0) is 50.9 Å². The number of pyridine rings is 1. The molecular formula is C17H25N3O2. The lowest BCUT2D eigenvalue weighted by Gasteiger charge is -2.30. The molecule has 2 aliphatic rings. The fraction of sp³-hybridized carbons (Fsp3) is 0.647.